The Morgan fingerprint density at radius 3 is 1.11 bits per heavy atom. The fourth-order valence-electron chi connectivity index (χ4n) is 13.7. The Bertz CT molecular complexity index is 1440. The fraction of sp³-hybridized carbons (Fsp3) is 0.462. The normalized spacial score (nSPS) is 67.0. The molecule has 13 rings (SSSR count). The molecule has 10 atom stereocenters. The quantitative estimate of drug-likeness (QED) is 0.425. The van der Waals surface area contributed by atoms with Gasteiger partial charge in [0.2, 0.25) is 0 Å². The highest BCUT2D eigenvalue weighted by Crippen LogP contribution is 3.64. The molecule has 0 bridgehead atoms. The fourth-order valence-corrected chi connectivity index (χ4v) is 43.1. The highest BCUT2D eigenvalue weighted by Gasteiger charge is 3.42. The molecule has 138 valence electrons. The van der Waals surface area contributed by atoms with Crippen molar-refractivity contribution in [2.24, 2.45) is 0 Å². The number of fused-ring (bicyclic) bond motifs is 8. The number of hydrogen-bond donors (Lipinski definition) is 0. The van der Waals surface area contributed by atoms with Crippen molar-refractivity contribution in [2.75, 3.05) is 11.5 Å². The summed E-state index contributed by atoms with van der Waals surface area (Å²) < 4.78 is 0. The van der Waals surface area contributed by atoms with E-state index in [-0.39, 0.29) is 0 Å². The summed E-state index contributed by atoms with van der Waals surface area (Å²) in [6.07, 6.45) is 0. The first kappa shape index (κ1) is 11.9. The van der Waals surface area contributed by atoms with Crippen LogP contribution in [0.25, 0.3) is 21.5 Å². The van der Waals surface area contributed by atoms with E-state index in [1.54, 1.807) is 33.1 Å². The Morgan fingerprint density at radius 2 is 0.893 bits per heavy atom. The van der Waals surface area contributed by atoms with E-state index >= 15 is 0 Å². The van der Waals surface area contributed by atoms with Gasteiger partial charge in [0.05, 0.1) is 0 Å². The lowest BCUT2D eigenvalue weighted by atomic mass is 9.87. The van der Waals surface area contributed by atoms with Crippen molar-refractivity contribution in [1.29, 1.82) is 0 Å². The summed E-state index contributed by atoms with van der Waals surface area (Å²) in [5.74, 6) is 3.48. The molecule has 0 radical (unpaired) electrons. The van der Waals surface area contributed by atoms with Gasteiger partial charge in [-0.1, -0.05) is 48.5 Å². The first-order valence-electron chi connectivity index (χ1n) is 11.6. The summed E-state index contributed by atoms with van der Waals surface area (Å²) in [6.45, 7) is 0. The van der Waals surface area contributed by atoms with Gasteiger partial charge in [-0.15, -0.1) is 0 Å². The van der Waals surface area contributed by atoms with Crippen LogP contribution in [0.2, 0.25) is 0 Å². The van der Waals surface area contributed by atoms with Crippen LogP contribution in [0.15, 0.2) is 48.5 Å². The molecule has 0 aliphatic carbocycles. The number of rotatable bonds is 2. The molecule has 10 saturated heterocycles. The van der Waals surface area contributed by atoms with Crippen LogP contribution < -0.4 is 0 Å². The molecule has 2 spiro atoms. The zero-order valence-electron chi connectivity index (χ0n) is 15.6. The predicted octanol–water partition coefficient (Wildman–Crippen LogP) is 4.91. The van der Waals surface area contributed by atoms with E-state index < -0.39 is 16.6 Å². The van der Waals surface area contributed by atoms with E-state index in [1.165, 1.54) is 42.0 Å². The van der Waals surface area contributed by atoms with Crippen molar-refractivity contribution in [3.63, 3.8) is 0 Å². The third-order valence-corrected chi connectivity index (χ3v) is 36.3. The average molecular weight is 399 g/mol. The van der Waals surface area contributed by atoms with Gasteiger partial charge in [-0.05, 0) is 54.7 Å². The molecule has 10 fully saturated rings. The molecule has 0 N–H and O–H groups in total. The zero-order chi connectivity index (χ0) is 17.1. The molecule has 10 aliphatic rings. The Labute approximate surface area is 161 Å². The van der Waals surface area contributed by atoms with E-state index in [0.717, 1.165) is 10.5 Å². The maximum atomic E-state index is 2.54. The van der Waals surface area contributed by atoms with Crippen LogP contribution in [0.5, 0.6) is 0 Å². The summed E-state index contributed by atoms with van der Waals surface area (Å²) in [7, 11) is -2.53. The molecule has 10 aliphatic heterocycles. The van der Waals surface area contributed by atoms with Gasteiger partial charge in [0.25, 0.3) is 0 Å². The molecule has 3 aromatic carbocycles. The first-order valence-corrected chi connectivity index (χ1v) is 17.5. The van der Waals surface area contributed by atoms with Crippen molar-refractivity contribution in [3.05, 3.63) is 59.7 Å². The van der Waals surface area contributed by atoms with Crippen LogP contribution in [0.3, 0.4) is 0 Å². The summed E-state index contributed by atoms with van der Waals surface area (Å²) >= 11 is 0. The summed E-state index contributed by atoms with van der Waals surface area (Å²) in [6, 6.07) is 19.6. The molecule has 0 nitrogen and oxygen atoms in total. The molecule has 10 unspecified atom stereocenters. The van der Waals surface area contributed by atoms with Crippen LogP contribution in [0.1, 0.15) is 21.6 Å². The van der Waals surface area contributed by atoms with E-state index in [9.17, 15) is 0 Å². The van der Waals surface area contributed by atoms with E-state index in [4.69, 9.17) is 0 Å². The van der Waals surface area contributed by atoms with Crippen molar-refractivity contribution < 1.29 is 0 Å². The second-order valence-electron chi connectivity index (χ2n) is 13.3. The number of benzene rings is 3. The van der Waals surface area contributed by atoms with Gasteiger partial charge in [-0.25, -0.2) is 16.6 Å². The summed E-state index contributed by atoms with van der Waals surface area (Å²) in [5.41, 5.74) is 3.74. The Morgan fingerprint density at radius 1 is 0.500 bits per heavy atom. The second-order valence-corrected chi connectivity index (χ2v) is 28.3. The summed E-state index contributed by atoms with van der Waals surface area (Å²) in [4.78, 5) is 0. The maximum absolute atomic E-state index is 2.54. The van der Waals surface area contributed by atoms with Gasteiger partial charge in [0.1, 0.15) is 0 Å². The van der Waals surface area contributed by atoms with Crippen LogP contribution in [0.4, 0.5) is 0 Å². The molecule has 0 saturated carbocycles. The van der Waals surface area contributed by atoms with Crippen molar-refractivity contribution in [3.8, 4) is 0 Å². The van der Waals surface area contributed by atoms with Crippen molar-refractivity contribution in [2.45, 2.75) is 52.5 Å². The van der Waals surface area contributed by atoms with Crippen molar-refractivity contribution >= 4 is 38.1 Å². The number of hydrogen-bond acceptors (Lipinski definition) is 0. The minimum absolute atomic E-state index is 1.07. The SMILES string of the molecule is c1ccc2c(C3C4C5C6C7CS73645)c3ccccc3c(C3C4C5C6C7CS73645)c2c1. The minimum Gasteiger partial charge on any atom is -0.250 e. The zero-order valence-corrected chi connectivity index (χ0v) is 17.3. The van der Waals surface area contributed by atoms with Crippen LogP contribution in [0, 0.1) is 0 Å². The molecule has 3 aromatic rings. The second kappa shape index (κ2) is 2.12. The predicted molar refractivity (Wildman–Crippen MR) is 122 cm³/mol. The minimum atomic E-state index is -1.26. The maximum Gasteiger partial charge on any atom is 0.0162 e. The van der Waals surface area contributed by atoms with Gasteiger partial charge < -0.3 is 0 Å². The van der Waals surface area contributed by atoms with Gasteiger partial charge >= 0.3 is 0 Å². The van der Waals surface area contributed by atoms with E-state index in [2.05, 4.69) is 48.5 Å². The van der Waals surface area contributed by atoms with Crippen LogP contribution in [-0.4, -0.2) is 53.5 Å². The molecular formula is C26H22S2. The molecule has 10 heterocycles. The third-order valence-electron chi connectivity index (χ3n) is 14.9. The molecular weight excluding hydrogens is 376 g/mol. The first-order chi connectivity index (χ1) is 13.7. The van der Waals surface area contributed by atoms with Crippen LogP contribution >= 0.6 is 16.6 Å². The Balaban J connectivity index is 1.22. The lowest BCUT2D eigenvalue weighted by Crippen LogP contribution is -2.08. The highest BCUT2D eigenvalue weighted by atomic mass is 32.4. The molecule has 28 heavy (non-hydrogen) atoms. The van der Waals surface area contributed by atoms with Crippen LogP contribution in [-0.2, 0) is 0 Å². The monoisotopic (exact) mass is 398 g/mol. The molecule has 0 amide bonds. The average Bonchev–Trinajstić information content (AvgIpc) is 3.44. The lowest BCUT2D eigenvalue weighted by Gasteiger charge is -2.25. The molecule has 2 heteroatoms. The third kappa shape index (κ3) is 0.486. The Hall–Kier alpha value is -1.12. The van der Waals surface area contributed by atoms with Crippen molar-refractivity contribution in [1.82, 2.24) is 0 Å². The molecule has 0 aromatic heterocycles. The Kier molecular flexibility index (Phi) is 0.903. The van der Waals surface area contributed by atoms with Gasteiger partial charge in [-0.2, -0.15) is 0 Å². The largest absolute Gasteiger partial charge is 0.250 e. The highest BCUT2D eigenvalue weighted by molar-refractivity contribution is 8.93. The van der Waals surface area contributed by atoms with Gasteiger partial charge in [0, 0.05) is 42.0 Å². The smallest absolute Gasteiger partial charge is 0.0162 e. The standard InChI is InChI=1S/C26H22S2/c1-2-6-12-11(5-1)17(21-25-23-19-15-9-27(15,19,21,23)25)13-7-3-4-8-14(13)18(12)22-26-24-20-16-10-28(16,20,22,24)26/h1-8,15-16,19-26H,9-10H2. The lowest BCUT2D eigenvalue weighted by molar-refractivity contribution is 0.869. The van der Waals surface area contributed by atoms with Gasteiger partial charge in [0.15, 0.2) is 0 Å². The van der Waals surface area contributed by atoms with E-state index in [1.807, 2.05) is 11.1 Å². The van der Waals surface area contributed by atoms with Gasteiger partial charge in [-0.3, -0.25) is 0 Å². The summed E-state index contributed by atoms with van der Waals surface area (Å²) in [5, 5.41) is 19.3. The van der Waals surface area contributed by atoms with E-state index in [0.29, 0.717) is 0 Å². The topological polar surface area (TPSA) is 0 Å².